The zero-order valence-corrected chi connectivity index (χ0v) is 16.8. The third-order valence-electron chi connectivity index (χ3n) is 4.71. The number of amides is 2. The molecule has 5 nitrogen and oxygen atoms in total. The molecule has 6 heteroatoms. The molecule has 0 spiro atoms. The molecule has 0 radical (unpaired) electrons. The molecule has 1 unspecified atom stereocenters. The number of halogens is 1. The van der Waals surface area contributed by atoms with E-state index in [1.54, 1.807) is 15.9 Å². The van der Waals surface area contributed by atoms with Crippen LogP contribution in [-0.4, -0.2) is 56.6 Å². The Labute approximate surface area is 166 Å². The van der Waals surface area contributed by atoms with E-state index in [1.807, 2.05) is 51.5 Å². The molecule has 1 aliphatic rings. The van der Waals surface area contributed by atoms with Gasteiger partial charge in [0.25, 0.3) is 0 Å². The number of fused-ring (bicyclic) bond motifs is 1. The molecule has 0 aliphatic carbocycles. The Morgan fingerprint density at radius 1 is 1.15 bits per heavy atom. The van der Waals surface area contributed by atoms with Crippen LogP contribution in [0.4, 0.5) is 10.5 Å². The molecule has 0 saturated carbocycles. The van der Waals surface area contributed by atoms with E-state index in [0.717, 1.165) is 17.8 Å². The van der Waals surface area contributed by atoms with Gasteiger partial charge in [-0.25, -0.2) is 4.79 Å². The van der Waals surface area contributed by atoms with E-state index < -0.39 is 0 Å². The van der Waals surface area contributed by atoms with Crippen LogP contribution in [0.25, 0.3) is 0 Å². The van der Waals surface area contributed by atoms with Crippen molar-refractivity contribution in [1.29, 1.82) is 0 Å². The molecule has 0 saturated heterocycles. The molecule has 1 aliphatic heterocycles. The van der Waals surface area contributed by atoms with Crippen molar-refractivity contribution in [2.45, 2.75) is 12.5 Å². The monoisotopic (exact) mass is 387 g/mol. The summed E-state index contributed by atoms with van der Waals surface area (Å²) in [5.74, 6) is 0.681. The van der Waals surface area contributed by atoms with E-state index in [0.29, 0.717) is 30.3 Å². The van der Waals surface area contributed by atoms with Gasteiger partial charge in [-0.15, -0.1) is 0 Å². The van der Waals surface area contributed by atoms with Gasteiger partial charge in [0.1, 0.15) is 11.9 Å². The zero-order valence-electron chi connectivity index (χ0n) is 16.1. The molecule has 27 heavy (non-hydrogen) atoms. The van der Waals surface area contributed by atoms with Gasteiger partial charge in [-0.05, 0) is 37.9 Å². The fourth-order valence-electron chi connectivity index (χ4n) is 3.13. The molecule has 2 amide bonds. The van der Waals surface area contributed by atoms with Crippen molar-refractivity contribution in [2.75, 3.05) is 45.7 Å². The number of benzene rings is 2. The highest BCUT2D eigenvalue weighted by Crippen LogP contribution is 2.39. The van der Waals surface area contributed by atoms with Crippen molar-refractivity contribution in [3.8, 4) is 5.75 Å². The Morgan fingerprint density at radius 2 is 1.89 bits per heavy atom. The van der Waals surface area contributed by atoms with Gasteiger partial charge in [-0.2, -0.15) is 0 Å². The first-order valence-corrected chi connectivity index (χ1v) is 9.52. The molecule has 0 bridgehead atoms. The van der Waals surface area contributed by atoms with Gasteiger partial charge in [-0.3, -0.25) is 4.90 Å². The molecule has 3 rings (SSSR count). The summed E-state index contributed by atoms with van der Waals surface area (Å²) < 4.78 is 6.28. The van der Waals surface area contributed by atoms with E-state index in [1.165, 1.54) is 0 Å². The van der Waals surface area contributed by atoms with Crippen LogP contribution in [0.2, 0.25) is 5.02 Å². The molecule has 0 aromatic heterocycles. The average molecular weight is 388 g/mol. The summed E-state index contributed by atoms with van der Waals surface area (Å²) >= 11 is 6.22. The fraction of sp³-hybridized carbons (Fsp3) is 0.381. The number of ether oxygens (including phenoxy) is 1. The maximum atomic E-state index is 13.1. The smallest absolute Gasteiger partial charge is 0.324 e. The summed E-state index contributed by atoms with van der Waals surface area (Å²) in [5.41, 5.74) is 1.83. The maximum Gasteiger partial charge on any atom is 0.324 e. The standard InChI is InChI=1S/C21H26ClN3O2/c1-23(2)13-14-24(3)21(26)25-12-11-19(16-7-5-4-6-8-16)27-20-10-9-17(22)15-18(20)25/h4-10,15,19H,11-14H2,1-3H3. The molecular weight excluding hydrogens is 362 g/mol. The second kappa shape index (κ2) is 8.63. The minimum Gasteiger partial charge on any atom is -0.483 e. The number of anilines is 1. The fourth-order valence-corrected chi connectivity index (χ4v) is 3.30. The van der Waals surface area contributed by atoms with Crippen LogP contribution < -0.4 is 9.64 Å². The quantitative estimate of drug-likeness (QED) is 0.785. The minimum absolute atomic E-state index is 0.0438. The van der Waals surface area contributed by atoms with Gasteiger partial charge in [0.2, 0.25) is 0 Å². The molecule has 144 valence electrons. The Balaban J connectivity index is 1.87. The predicted octanol–water partition coefficient (Wildman–Crippen LogP) is 4.28. The maximum absolute atomic E-state index is 13.1. The van der Waals surface area contributed by atoms with Crippen molar-refractivity contribution < 1.29 is 9.53 Å². The van der Waals surface area contributed by atoms with Crippen LogP contribution in [0, 0.1) is 0 Å². The Kier molecular flexibility index (Phi) is 6.24. The van der Waals surface area contributed by atoms with Crippen LogP contribution in [0.15, 0.2) is 48.5 Å². The second-order valence-electron chi connectivity index (χ2n) is 7.08. The number of rotatable bonds is 4. The predicted molar refractivity (Wildman–Crippen MR) is 110 cm³/mol. The van der Waals surface area contributed by atoms with Gasteiger partial charge >= 0.3 is 6.03 Å². The number of hydrogen-bond donors (Lipinski definition) is 0. The van der Waals surface area contributed by atoms with Crippen LogP contribution in [0.1, 0.15) is 18.1 Å². The molecular formula is C21H26ClN3O2. The first-order chi connectivity index (χ1) is 13.0. The van der Waals surface area contributed by atoms with Crippen LogP contribution in [0.3, 0.4) is 0 Å². The molecule has 2 aromatic carbocycles. The summed E-state index contributed by atoms with van der Waals surface area (Å²) in [6, 6.07) is 15.5. The highest BCUT2D eigenvalue weighted by Gasteiger charge is 2.29. The number of hydrogen-bond acceptors (Lipinski definition) is 3. The van der Waals surface area contributed by atoms with Crippen molar-refractivity contribution in [1.82, 2.24) is 9.80 Å². The number of likely N-dealkylation sites (N-methyl/N-ethyl adjacent to an activating group) is 2. The lowest BCUT2D eigenvalue weighted by Crippen LogP contribution is -2.44. The SMILES string of the molecule is CN(C)CCN(C)C(=O)N1CCC(c2ccccc2)Oc2ccc(Cl)cc21. The highest BCUT2D eigenvalue weighted by molar-refractivity contribution is 6.31. The molecule has 1 heterocycles. The van der Waals surface area contributed by atoms with Gasteiger partial charge in [0, 0.05) is 38.1 Å². The highest BCUT2D eigenvalue weighted by atomic mass is 35.5. The topological polar surface area (TPSA) is 36.0 Å². The zero-order chi connectivity index (χ0) is 19.4. The second-order valence-corrected chi connectivity index (χ2v) is 7.51. The normalized spacial score (nSPS) is 16.5. The number of carbonyl (C=O) groups excluding carboxylic acids is 1. The largest absolute Gasteiger partial charge is 0.483 e. The van der Waals surface area contributed by atoms with Crippen molar-refractivity contribution >= 4 is 23.3 Å². The van der Waals surface area contributed by atoms with E-state index in [2.05, 4.69) is 17.0 Å². The third-order valence-corrected chi connectivity index (χ3v) is 4.94. The number of nitrogens with zero attached hydrogens (tertiary/aromatic N) is 3. The van der Waals surface area contributed by atoms with E-state index >= 15 is 0 Å². The molecule has 1 atom stereocenters. The number of carbonyl (C=O) groups is 1. The summed E-state index contributed by atoms with van der Waals surface area (Å²) in [7, 11) is 5.83. The van der Waals surface area contributed by atoms with Crippen LogP contribution >= 0.6 is 11.6 Å². The van der Waals surface area contributed by atoms with E-state index in [-0.39, 0.29) is 12.1 Å². The summed E-state index contributed by atoms with van der Waals surface area (Å²) in [4.78, 5) is 18.7. The first kappa shape index (κ1) is 19.5. The first-order valence-electron chi connectivity index (χ1n) is 9.14. The van der Waals surface area contributed by atoms with Crippen molar-refractivity contribution in [3.63, 3.8) is 0 Å². The van der Waals surface area contributed by atoms with Gasteiger partial charge in [0.15, 0.2) is 0 Å². The lowest BCUT2D eigenvalue weighted by Gasteiger charge is -2.28. The Morgan fingerprint density at radius 3 is 2.59 bits per heavy atom. The van der Waals surface area contributed by atoms with Crippen molar-refractivity contribution in [2.24, 2.45) is 0 Å². The van der Waals surface area contributed by atoms with Gasteiger partial charge in [-0.1, -0.05) is 41.9 Å². The molecule has 2 aromatic rings. The van der Waals surface area contributed by atoms with E-state index in [9.17, 15) is 4.79 Å². The Hall–Kier alpha value is -2.24. The van der Waals surface area contributed by atoms with Crippen LogP contribution in [0.5, 0.6) is 5.75 Å². The summed E-state index contributed by atoms with van der Waals surface area (Å²) in [5, 5.41) is 0.587. The van der Waals surface area contributed by atoms with E-state index in [4.69, 9.17) is 16.3 Å². The lowest BCUT2D eigenvalue weighted by atomic mass is 10.1. The van der Waals surface area contributed by atoms with Gasteiger partial charge < -0.3 is 14.5 Å². The molecule has 0 N–H and O–H groups in total. The number of urea groups is 1. The minimum atomic E-state index is -0.101. The Bertz CT molecular complexity index is 782. The lowest BCUT2D eigenvalue weighted by molar-refractivity contribution is 0.201. The summed E-state index contributed by atoms with van der Waals surface area (Å²) in [6.45, 7) is 2.03. The molecule has 0 fully saturated rings. The van der Waals surface area contributed by atoms with Gasteiger partial charge in [0.05, 0.1) is 5.69 Å². The average Bonchev–Trinajstić information content (AvgIpc) is 2.85. The van der Waals surface area contributed by atoms with Crippen LogP contribution in [-0.2, 0) is 0 Å². The van der Waals surface area contributed by atoms with Crippen molar-refractivity contribution in [3.05, 3.63) is 59.1 Å². The summed E-state index contributed by atoms with van der Waals surface area (Å²) in [6.07, 6.45) is 0.611. The third kappa shape index (κ3) is 4.73.